The molecule has 0 aromatic carbocycles. The van der Waals surface area contributed by atoms with Gasteiger partial charge in [-0.2, -0.15) is 0 Å². The van der Waals surface area contributed by atoms with Crippen LogP contribution in [0.5, 0.6) is 0 Å². The van der Waals surface area contributed by atoms with Crippen LogP contribution in [0.15, 0.2) is 6.20 Å². The van der Waals surface area contributed by atoms with Gasteiger partial charge < -0.3 is 10.2 Å². The Hall–Kier alpha value is -1.16. The third kappa shape index (κ3) is 1.85. The third-order valence-corrected chi connectivity index (χ3v) is 2.61. The molecule has 0 unspecified atom stereocenters. The molecule has 0 spiro atoms. The molecule has 2 heterocycles. The Bertz CT molecular complexity index is 331. The molecule has 76 valence electrons. The molecule has 1 N–H and O–H groups in total. The van der Waals surface area contributed by atoms with Crippen LogP contribution in [-0.2, 0) is 0 Å². The first-order valence-electron chi connectivity index (χ1n) is 4.90. The van der Waals surface area contributed by atoms with Crippen molar-refractivity contribution >= 4 is 5.82 Å². The molecule has 0 amide bonds. The van der Waals surface area contributed by atoms with E-state index in [-0.39, 0.29) is 0 Å². The average molecular weight is 192 g/mol. The van der Waals surface area contributed by atoms with Gasteiger partial charge in [0.05, 0.1) is 23.6 Å². The van der Waals surface area contributed by atoms with E-state index in [9.17, 15) is 0 Å². The Balaban J connectivity index is 2.00. The number of aromatic nitrogens is 2. The summed E-state index contributed by atoms with van der Waals surface area (Å²) >= 11 is 0. The summed E-state index contributed by atoms with van der Waals surface area (Å²) in [5, 5.41) is 3.36. The molecular weight excluding hydrogens is 176 g/mol. The molecule has 4 heteroatoms. The zero-order valence-corrected chi connectivity index (χ0v) is 8.91. The van der Waals surface area contributed by atoms with Gasteiger partial charge in [-0.1, -0.05) is 0 Å². The van der Waals surface area contributed by atoms with Crippen molar-refractivity contribution in [3.8, 4) is 0 Å². The van der Waals surface area contributed by atoms with E-state index >= 15 is 0 Å². The monoisotopic (exact) mass is 192 g/mol. The maximum atomic E-state index is 4.43. The minimum atomic E-state index is 0.538. The van der Waals surface area contributed by atoms with Crippen LogP contribution in [0.1, 0.15) is 11.4 Å². The highest BCUT2D eigenvalue weighted by molar-refractivity contribution is 5.35. The quantitative estimate of drug-likeness (QED) is 0.753. The van der Waals surface area contributed by atoms with Crippen LogP contribution in [0.2, 0.25) is 0 Å². The number of nitrogens with zero attached hydrogens (tertiary/aromatic N) is 3. The van der Waals surface area contributed by atoms with E-state index in [0.29, 0.717) is 6.04 Å². The van der Waals surface area contributed by atoms with Crippen LogP contribution in [0.4, 0.5) is 5.82 Å². The normalized spacial score (nSPS) is 17.9. The topological polar surface area (TPSA) is 41.1 Å². The van der Waals surface area contributed by atoms with Crippen LogP contribution in [0.3, 0.4) is 0 Å². The number of anilines is 1. The fourth-order valence-corrected chi connectivity index (χ4v) is 1.61. The number of aryl methyl sites for hydroxylation is 2. The van der Waals surface area contributed by atoms with Gasteiger partial charge in [0, 0.05) is 13.1 Å². The first-order valence-corrected chi connectivity index (χ1v) is 4.90. The molecule has 0 saturated carbocycles. The summed E-state index contributed by atoms with van der Waals surface area (Å²) in [6.45, 7) is 6.15. The van der Waals surface area contributed by atoms with Crippen molar-refractivity contribution in [1.82, 2.24) is 14.9 Å². The Morgan fingerprint density at radius 1 is 1.36 bits per heavy atom. The van der Waals surface area contributed by atoms with E-state index in [0.717, 1.165) is 30.3 Å². The van der Waals surface area contributed by atoms with Crippen LogP contribution in [0.25, 0.3) is 0 Å². The standard InChI is InChI=1S/C10H16N4/c1-7-8(2)12-10(4-11-7)13-9-5-14(3)6-9/h4,9H,5-6H2,1-3H3,(H,12,13). The summed E-state index contributed by atoms with van der Waals surface area (Å²) < 4.78 is 0. The molecule has 1 aromatic rings. The van der Waals surface area contributed by atoms with Gasteiger partial charge in [0.15, 0.2) is 0 Å². The van der Waals surface area contributed by atoms with Crippen molar-refractivity contribution < 1.29 is 0 Å². The third-order valence-electron chi connectivity index (χ3n) is 2.61. The van der Waals surface area contributed by atoms with Crippen molar-refractivity contribution in [1.29, 1.82) is 0 Å². The van der Waals surface area contributed by atoms with E-state index in [1.54, 1.807) is 6.20 Å². The summed E-state index contributed by atoms with van der Waals surface area (Å²) in [5.74, 6) is 0.895. The maximum Gasteiger partial charge on any atom is 0.145 e. The smallest absolute Gasteiger partial charge is 0.145 e. The lowest BCUT2D eigenvalue weighted by Gasteiger charge is -2.36. The van der Waals surface area contributed by atoms with E-state index in [1.807, 2.05) is 13.8 Å². The molecular formula is C10H16N4. The SMILES string of the molecule is Cc1ncc(NC2CN(C)C2)nc1C. The van der Waals surface area contributed by atoms with E-state index in [2.05, 4.69) is 27.2 Å². The van der Waals surface area contributed by atoms with Crippen LogP contribution in [0, 0.1) is 13.8 Å². The number of likely N-dealkylation sites (tertiary alicyclic amines) is 1. The summed E-state index contributed by atoms with van der Waals surface area (Å²) in [6, 6.07) is 0.538. The van der Waals surface area contributed by atoms with E-state index < -0.39 is 0 Å². The minimum absolute atomic E-state index is 0.538. The Labute approximate surface area is 84.4 Å². The van der Waals surface area contributed by atoms with E-state index in [1.165, 1.54) is 0 Å². The number of hydrogen-bond donors (Lipinski definition) is 1. The maximum absolute atomic E-state index is 4.43. The lowest BCUT2D eigenvalue weighted by Crippen LogP contribution is -2.52. The second kappa shape index (κ2) is 3.53. The van der Waals surface area contributed by atoms with Crippen molar-refractivity contribution in [2.24, 2.45) is 0 Å². The molecule has 1 aliphatic rings. The fourth-order valence-electron chi connectivity index (χ4n) is 1.61. The molecule has 0 radical (unpaired) electrons. The summed E-state index contributed by atoms with van der Waals surface area (Å²) in [4.78, 5) is 11.0. The number of rotatable bonds is 2. The molecule has 0 bridgehead atoms. The summed E-state index contributed by atoms with van der Waals surface area (Å²) in [7, 11) is 2.12. The zero-order valence-electron chi connectivity index (χ0n) is 8.91. The Morgan fingerprint density at radius 2 is 2.07 bits per heavy atom. The summed E-state index contributed by atoms with van der Waals surface area (Å²) in [5.41, 5.74) is 2.00. The van der Waals surface area contributed by atoms with Gasteiger partial charge in [0.1, 0.15) is 5.82 Å². The molecule has 1 aliphatic heterocycles. The highest BCUT2D eigenvalue weighted by atomic mass is 15.2. The van der Waals surface area contributed by atoms with Gasteiger partial charge in [-0.25, -0.2) is 4.98 Å². The van der Waals surface area contributed by atoms with Crippen LogP contribution in [-0.4, -0.2) is 41.0 Å². The molecule has 1 saturated heterocycles. The predicted molar refractivity (Wildman–Crippen MR) is 56.4 cm³/mol. The lowest BCUT2D eigenvalue weighted by molar-refractivity contribution is 0.205. The van der Waals surface area contributed by atoms with E-state index in [4.69, 9.17) is 0 Å². The zero-order chi connectivity index (χ0) is 10.1. The second-order valence-corrected chi connectivity index (χ2v) is 3.99. The molecule has 1 aromatic heterocycles. The van der Waals surface area contributed by atoms with Gasteiger partial charge in [-0.15, -0.1) is 0 Å². The fraction of sp³-hybridized carbons (Fsp3) is 0.600. The molecule has 2 rings (SSSR count). The van der Waals surface area contributed by atoms with Gasteiger partial charge in [0.25, 0.3) is 0 Å². The van der Waals surface area contributed by atoms with Crippen LogP contribution >= 0.6 is 0 Å². The number of hydrogen-bond acceptors (Lipinski definition) is 4. The van der Waals surface area contributed by atoms with Gasteiger partial charge in [0.2, 0.25) is 0 Å². The van der Waals surface area contributed by atoms with Crippen molar-refractivity contribution in [2.45, 2.75) is 19.9 Å². The van der Waals surface area contributed by atoms with Crippen molar-refractivity contribution in [3.05, 3.63) is 17.6 Å². The van der Waals surface area contributed by atoms with Crippen molar-refractivity contribution in [3.63, 3.8) is 0 Å². The molecule has 14 heavy (non-hydrogen) atoms. The molecule has 0 atom stereocenters. The summed E-state index contributed by atoms with van der Waals surface area (Å²) in [6.07, 6.45) is 1.81. The van der Waals surface area contributed by atoms with Crippen LogP contribution < -0.4 is 5.32 Å². The first kappa shape index (κ1) is 9.40. The lowest BCUT2D eigenvalue weighted by atomic mass is 10.1. The minimum Gasteiger partial charge on any atom is -0.363 e. The highest BCUT2D eigenvalue weighted by Crippen LogP contribution is 2.12. The largest absolute Gasteiger partial charge is 0.363 e. The van der Waals surface area contributed by atoms with Gasteiger partial charge in [-0.05, 0) is 20.9 Å². The van der Waals surface area contributed by atoms with Gasteiger partial charge in [-0.3, -0.25) is 4.98 Å². The number of likely N-dealkylation sites (N-methyl/N-ethyl adjacent to an activating group) is 1. The molecule has 1 fully saturated rings. The van der Waals surface area contributed by atoms with Crippen molar-refractivity contribution in [2.75, 3.05) is 25.5 Å². The molecule has 4 nitrogen and oxygen atoms in total. The Kier molecular flexibility index (Phi) is 2.37. The Morgan fingerprint density at radius 3 is 2.64 bits per heavy atom. The second-order valence-electron chi connectivity index (χ2n) is 3.99. The molecule has 0 aliphatic carbocycles. The highest BCUT2D eigenvalue weighted by Gasteiger charge is 2.22. The first-order chi connectivity index (χ1) is 6.65. The van der Waals surface area contributed by atoms with Gasteiger partial charge >= 0.3 is 0 Å². The predicted octanol–water partition coefficient (Wildman–Crippen LogP) is 0.819. The average Bonchev–Trinajstić information content (AvgIpc) is 2.09. The number of nitrogens with one attached hydrogen (secondary N) is 1.